The van der Waals surface area contributed by atoms with Crippen molar-refractivity contribution in [3.05, 3.63) is 100 Å². The topological polar surface area (TPSA) is 28.6 Å². The van der Waals surface area contributed by atoms with E-state index >= 15 is 0 Å². The van der Waals surface area contributed by atoms with E-state index in [0.717, 1.165) is 50.4 Å². The number of piperidine rings is 1. The summed E-state index contributed by atoms with van der Waals surface area (Å²) in [6, 6.07) is 17.6. The number of thiophene rings is 1. The van der Waals surface area contributed by atoms with Gasteiger partial charge in [-0.1, -0.05) is 24.3 Å². The summed E-state index contributed by atoms with van der Waals surface area (Å²) in [5.41, 5.74) is 3.74. The third-order valence-electron chi connectivity index (χ3n) is 6.81. The maximum atomic E-state index is 6.46. The Morgan fingerprint density at radius 2 is 1.84 bits per heavy atom. The first kappa shape index (κ1) is 19.8. The average Bonchev–Trinajstić information content (AvgIpc) is 3.36. The van der Waals surface area contributed by atoms with Gasteiger partial charge in [0.1, 0.15) is 5.76 Å². The molecular formula is C27H27N3OS. The van der Waals surface area contributed by atoms with Crippen LogP contribution >= 0.6 is 11.3 Å². The molecule has 1 unspecified atom stereocenters. The summed E-state index contributed by atoms with van der Waals surface area (Å²) >= 11 is 1.86. The second-order valence-corrected chi connectivity index (χ2v) is 9.82. The number of nitrogens with zero attached hydrogens (tertiary/aromatic N) is 3. The molecule has 0 radical (unpaired) electrons. The summed E-state index contributed by atoms with van der Waals surface area (Å²) in [5.74, 6) is 2.40. The molecule has 1 saturated heterocycles. The van der Waals surface area contributed by atoms with E-state index in [1.165, 1.54) is 21.8 Å². The summed E-state index contributed by atoms with van der Waals surface area (Å²) in [6.07, 6.45) is 11.6. The van der Waals surface area contributed by atoms with Crippen molar-refractivity contribution in [2.45, 2.75) is 37.8 Å². The Morgan fingerprint density at radius 3 is 2.66 bits per heavy atom. The number of hydrogen-bond acceptors (Lipinski definition) is 5. The van der Waals surface area contributed by atoms with E-state index < -0.39 is 0 Å². The zero-order valence-electron chi connectivity index (χ0n) is 18.1. The number of rotatable bonds is 4. The summed E-state index contributed by atoms with van der Waals surface area (Å²) in [4.78, 5) is 10.8. The van der Waals surface area contributed by atoms with Gasteiger partial charge in [0.15, 0.2) is 5.75 Å². The van der Waals surface area contributed by atoms with Crippen molar-refractivity contribution < 1.29 is 4.74 Å². The van der Waals surface area contributed by atoms with E-state index in [-0.39, 0.29) is 0 Å². The van der Waals surface area contributed by atoms with Gasteiger partial charge in [-0.15, -0.1) is 11.3 Å². The van der Waals surface area contributed by atoms with Crippen LogP contribution in [0.5, 0.6) is 5.75 Å². The zero-order valence-corrected chi connectivity index (χ0v) is 18.9. The summed E-state index contributed by atoms with van der Waals surface area (Å²) in [5, 5.41) is 2.18. The van der Waals surface area contributed by atoms with Gasteiger partial charge in [0, 0.05) is 55.3 Å². The zero-order chi connectivity index (χ0) is 21.3. The molecule has 3 aliphatic rings. The Kier molecular flexibility index (Phi) is 5.29. The minimum absolute atomic E-state index is 0.330. The monoisotopic (exact) mass is 441 g/mol. The molecule has 1 fully saturated rings. The van der Waals surface area contributed by atoms with Crippen LogP contribution < -0.4 is 9.64 Å². The Labute approximate surface area is 193 Å². The smallest absolute Gasteiger partial charge is 0.150 e. The van der Waals surface area contributed by atoms with Crippen LogP contribution in [-0.2, 0) is 6.54 Å². The largest absolute Gasteiger partial charge is 0.457 e. The van der Waals surface area contributed by atoms with Gasteiger partial charge in [0.25, 0.3) is 0 Å². The molecule has 32 heavy (non-hydrogen) atoms. The molecule has 3 aromatic rings. The number of aromatic nitrogens is 1. The summed E-state index contributed by atoms with van der Waals surface area (Å²) in [7, 11) is 0. The van der Waals surface area contributed by atoms with Crippen LogP contribution in [-0.4, -0.2) is 29.0 Å². The third kappa shape index (κ3) is 3.76. The molecule has 1 atom stereocenters. The number of anilines is 1. The first-order valence-electron chi connectivity index (χ1n) is 11.5. The van der Waals surface area contributed by atoms with Crippen molar-refractivity contribution in [1.82, 2.24) is 9.88 Å². The molecule has 0 bridgehead atoms. The van der Waals surface area contributed by atoms with E-state index in [4.69, 9.17) is 4.74 Å². The predicted octanol–water partition coefficient (Wildman–Crippen LogP) is 5.96. The van der Waals surface area contributed by atoms with Crippen LogP contribution in [0.1, 0.15) is 35.6 Å². The van der Waals surface area contributed by atoms with Crippen molar-refractivity contribution in [2.75, 3.05) is 18.0 Å². The molecule has 2 aliphatic heterocycles. The van der Waals surface area contributed by atoms with Crippen molar-refractivity contribution >= 4 is 17.0 Å². The normalized spacial score (nSPS) is 21.2. The fourth-order valence-corrected chi connectivity index (χ4v) is 5.92. The molecule has 5 heteroatoms. The van der Waals surface area contributed by atoms with E-state index in [2.05, 4.69) is 80.8 Å². The van der Waals surface area contributed by atoms with E-state index in [1.807, 2.05) is 23.7 Å². The van der Waals surface area contributed by atoms with Gasteiger partial charge in [-0.2, -0.15) is 0 Å². The number of ether oxygens (including phenoxy) is 1. The average molecular weight is 442 g/mol. The lowest BCUT2D eigenvalue weighted by Gasteiger charge is -2.44. The van der Waals surface area contributed by atoms with Gasteiger partial charge < -0.3 is 9.64 Å². The molecule has 0 saturated carbocycles. The molecule has 4 heterocycles. The molecule has 0 amide bonds. The second-order valence-electron chi connectivity index (χ2n) is 8.79. The van der Waals surface area contributed by atoms with Crippen LogP contribution in [0.3, 0.4) is 0 Å². The van der Waals surface area contributed by atoms with Crippen LogP contribution in [0.15, 0.2) is 89.9 Å². The van der Waals surface area contributed by atoms with Gasteiger partial charge in [-0.25, -0.2) is 0 Å². The number of fused-ring (bicyclic) bond motifs is 1. The Bertz CT molecular complexity index is 1130. The van der Waals surface area contributed by atoms with E-state index in [0.29, 0.717) is 12.0 Å². The Balaban J connectivity index is 1.25. The lowest BCUT2D eigenvalue weighted by atomic mass is 9.89. The molecule has 162 valence electrons. The van der Waals surface area contributed by atoms with Crippen LogP contribution in [0.2, 0.25) is 0 Å². The number of hydrogen-bond donors (Lipinski definition) is 0. The number of benzene rings is 1. The molecule has 1 aliphatic carbocycles. The fraction of sp³-hybridized carbons (Fsp3) is 0.296. The fourth-order valence-electron chi connectivity index (χ4n) is 5.18. The molecule has 4 nitrogen and oxygen atoms in total. The highest BCUT2D eigenvalue weighted by Crippen LogP contribution is 2.45. The number of allylic oxidation sites excluding steroid dienone is 3. The maximum Gasteiger partial charge on any atom is 0.150 e. The molecule has 2 aromatic heterocycles. The number of likely N-dealkylation sites (tertiary alicyclic amines) is 1. The molecule has 6 rings (SSSR count). The first-order chi connectivity index (χ1) is 15.8. The van der Waals surface area contributed by atoms with Crippen molar-refractivity contribution in [1.29, 1.82) is 0 Å². The highest BCUT2D eigenvalue weighted by Gasteiger charge is 2.35. The SMILES string of the molecule is C1=CC(c2ccncc2)CC2=C1N(C1CCN(Cc3cccs3)CC1)c1ccccc1O2. The molecule has 1 aromatic carbocycles. The van der Waals surface area contributed by atoms with E-state index in [1.54, 1.807) is 0 Å². The standard InChI is InChI=1S/C27H27N3OS/c1-2-6-26-24(5-1)30(22-11-15-29(16-12-22)19-23-4-3-17-32-23)25-8-7-21(18-27(25)31-26)20-9-13-28-14-10-20/h1-10,13-14,17,21-22H,11-12,15-16,18-19H2. The van der Waals surface area contributed by atoms with Crippen molar-refractivity contribution in [2.24, 2.45) is 0 Å². The lowest BCUT2D eigenvalue weighted by Crippen LogP contribution is -2.46. The molecule has 0 spiro atoms. The van der Waals surface area contributed by atoms with Crippen molar-refractivity contribution in [3.8, 4) is 5.75 Å². The van der Waals surface area contributed by atoms with Crippen LogP contribution in [0.4, 0.5) is 5.69 Å². The van der Waals surface area contributed by atoms with Gasteiger partial charge in [0.2, 0.25) is 0 Å². The lowest BCUT2D eigenvalue weighted by molar-refractivity contribution is 0.204. The number of pyridine rings is 1. The van der Waals surface area contributed by atoms with E-state index in [9.17, 15) is 0 Å². The van der Waals surface area contributed by atoms with Gasteiger partial charge >= 0.3 is 0 Å². The van der Waals surface area contributed by atoms with Gasteiger partial charge in [0.05, 0.1) is 11.4 Å². The summed E-state index contributed by atoms with van der Waals surface area (Å²) in [6.45, 7) is 3.34. The number of para-hydroxylation sites is 2. The Hall–Kier alpha value is -2.89. The van der Waals surface area contributed by atoms with Gasteiger partial charge in [-0.3, -0.25) is 9.88 Å². The van der Waals surface area contributed by atoms with Crippen molar-refractivity contribution in [3.63, 3.8) is 0 Å². The predicted molar refractivity (Wildman–Crippen MR) is 130 cm³/mol. The molecular weight excluding hydrogens is 414 g/mol. The second kappa shape index (κ2) is 8.57. The minimum Gasteiger partial charge on any atom is -0.457 e. The Morgan fingerprint density at radius 1 is 1.00 bits per heavy atom. The quantitative estimate of drug-likeness (QED) is 0.499. The summed E-state index contributed by atoms with van der Waals surface area (Å²) < 4.78 is 6.46. The third-order valence-corrected chi connectivity index (χ3v) is 7.67. The molecule has 0 N–H and O–H groups in total. The maximum absolute atomic E-state index is 6.46. The van der Waals surface area contributed by atoms with Gasteiger partial charge in [-0.05, 0) is 60.2 Å². The highest BCUT2D eigenvalue weighted by molar-refractivity contribution is 7.09. The first-order valence-corrected chi connectivity index (χ1v) is 12.4. The highest BCUT2D eigenvalue weighted by atomic mass is 32.1. The van der Waals surface area contributed by atoms with Crippen LogP contribution in [0.25, 0.3) is 0 Å². The minimum atomic E-state index is 0.330. The van der Waals surface area contributed by atoms with Crippen LogP contribution in [0, 0.1) is 0 Å².